The molecule has 0 aliphatic carbocycles. The molecular formula is C12H14N2O8S. The van der Waals surface area contributed by atoms with Gasteiger partial charge in [-0.3, -0.25) is 33.5 Å². The second kappa shape index (κ2) is 6.18. The number of hydrogen-bond acceptors (Lipinski definition) is 7. The molecule has 126 valence electrons. The van der Waals surface area contributed by atoms with Gasteiger partial charge in [0, 0.05) is 18.2 Å². The van der Waals surface area contributed by atoms with Crippen molar-refractivity contribution < 1.29 is 37.0 Å². The molecular weight excluding hydrogens is 332 g/mol. The summed E-state index contributed by atoms with van der Waals surface area (Å²) >= 11 is 0. The maximum atomic E-state index is 11.7. The van der Waals surface area contributed by atoms with Crippen molar-refractivity contribution in [2.45, 2.75) is 31.1 Å². The lowest BCUT2D eigenvalue weighted by Gasteiger charge is -2.23. The van der Waals surface area contributed by atoms with Crippen LogP contribution in [0.2, 0.25) is 0 Å². The van der Waals surface area contributed by atoms with Crippen molar-refractivity contribution in [2.75, 3.05) is 6.61 Å². The van der Waals surface area contributed by atoms with E-state index < -0.39 is 51.5 Å². The number of hydroxylamine groups is 2. The van der Waals surface area contributed by atoms with Gasteiger partial charge in [-0.05, 0) is 13.3 Å². The molecule has 2 rings (SSSR count). The number of imide groups is 2. The van der Waals surface area contributed by atoms with Gasteiger partial charge in [-0.15, -0.1) is 0 Å². The van der Waals surface area contributed by atoms with Gasteiger partial charge in [0.25, 0.3) is 33.7 Å². The average molecular weight is 346 g/mol. The molecule has 2 aliphatic rings. The van der Waals surface area contributed by atoms with Crippen molar-refractivity contribution in [1.29, 1.82) is 0 Å². The van der Waals surface area contributed by atoms with Crippen LogP contribution in [0.3, 0.4) is 0 Å². The monoisotopic (exact) mass is 346 g/mol. The molecule has 2 unspecified atom stereocenters. The molecule has 2 aliphatic heterocycles. The maximum Gasteiger partial charge on any atom is 0.277 e. The Labute approximate surface area is 131 Å². The van der Waals surface area contributed by atoms with Crippen LogP contribution in [0.4, 0.5) is 0 Å². The molecule has 2 atom stereocenters. The molecule has 0 bridgehead atoms. The molecule has 0 saturated carbocycles. The van der Waals surface area contributed by atoms with Crippen LogP contribution in [0.25, 0.3) is 0 Å². The third-order valence-electron chi connectivity index (χ3n) is 3.46. The zero-order valence-electron chi connectivity index (χ0n) is 12.0. The molecule has 4 amide bonds. The molecule has 0 aromatic rings. The summed E-state index contributed by atoms with van der Waals surface area (Å²) in [5.74, 6) is -3.00. The summed E-state index contributed by atoms with van der Waals surface area (Å²) in [6.45, 7) is 1.38. The van der Waals surface area contributed by atoms with Crippen LogP contribution in [-0.2, 0) is 34.1 Å². The van der Waals surface area contributed by atoms with Crippen LogP contribution >= 0.6 is 0 Å². The second-order valence-corrected chi connectivity index (χ2v) is 6.68. The molecule has 1 saturated heterocycles. The fraction of sp³-hybridized carbons (Fsp3) is 0.500. The first-order valence-corrected chi connectivity index (χ1v) is 8.14. The molecule has 0 radical (unpaired) electrons. The van der Waals surface area contributed by atoms with Gasteiger partial charge in [-0.1, -0.05) is 0 Å². The first-order chi connectivity index (χ1) is 10.6. The Balaban J connectivity index is 1.89. The number of amides is 4. The van der Waals surface area contributed by atoms with Crippen molar-refractivity contribution in [3.63, 3.8) is 0 Å². The fourth-order valence-electron chi connectivity index (χ4n) is 2.24. The molecule has 23 heavy (non-hydrogen) atoms. The first kappa shape index (κ1) is 17.2. The van der Waals surface area contributed by atoms with E-state index in [4.69, 9.17) is 9.39 Å². The molecule has 0 aromatic carbocycles. The molecule has 11 heteroatoms. The van der Waals surface area contributed by atoms with Gasteiger partial charge >= 0.3 is 0 Å². The number of carbonyl (C=O) groups is 4. The van der Waals surface area contributed by atoms with E-state index in [1.54, 1.807) is 6.92 Å². The molecule has 1 N–H and O–H groups in total. The van der Waals surface area contributed by atoms with Gasteiger partial charge in [-0.25, -0.2) is 0 Å². The Morgan fingerprint density at radius 3 is 2.30 bits per heavy atom. The van der Waals surface area contributed by atoms with Crippen molar-refractivity contribution in [3.8, 4) is 0 Å². The van der Waals surface area contributed by atoms with Crippen LogP contribution in [0.5, 0.6) is 0 Å². The van der Waals surface area contributed by atoms with E-state index in [-0.39, 0.29) is 18.1 Å². The quantitative estimate of drug-likeness (QED) is 0.459. The highest BCUT2D eigenvalue weighted by atomic mass is 32.2. The minimum atomic E-state index is -4.68. The minimum absolute atomic E-state index is 0.132. The lowest BCUT2D eigenvalue weighted by molar-refractivity contribution is -0.188. The second-order valence-electron chi connectivity index (χ2n) is 5.08. The summed E-state index contributed by atoms with van der Waals surface area (Å²) in [4.78, 5) is 52.1. The minimum Gasteiger partial charge on any atom is -0.285 e. The van der Waals surface area contributed by atoms with Gasteiger partial charge in [0.1, 0.15) is 0 Å². The zero-order valence-corrected chi connectivity index (χ0v) is 12.9. The zero-order chi connectivity index (χ0) is 17.4. The molecule has 1 fully saturated rings. The van der Waals surface area contributed by atoms with E-state index in [1.165, 1.54) is 0 Å². The van der Waals surface area contributed by atoms with Gasteiger partial charge in [0.2, 0.25) is 0 Å². The van der Waals surface area contributed by atoms with Gasteiger partial charge in [0.15, 0.2) is 5.25 Å². The van der Waals surface area contributed by atoms with E-state index in [1.807, 2.05) is 0 Å². The Morgan fingerprint density at radius 2 is 1.83 bits per heavy atom. The van der Waals surface area contributed by atoms with Crippen LogP contribution in [0.15, 0.2) is 12.2 Å². The lowest BCUT2D eigenvalue weighted by Crippen LogP contribution is -2.40. The Morgan fingerprint density at radius 1 is 1.26 bits per heavy atom. The van der Waals surface area contributed by atoms with E-state index in [0.717, 1.165) is 17.1 Å². The highest BCUT2D eigenvalue weighted by molar-refractivity contribution is 7.87. The van der Waals surface area contributed by atoms with Crippen molar-refractivity contribution >= 4 is 33.7 Å². The molecule has 0 spiro atoms. The number of rotatable bonds is 6. The Hall–Kier alpha value is -2.11. The maximum absolute atomic E-state index is 11.7. The Kier molecular flexibility index (Phi) is 4.63. The van der Waals surface area contributed by atoms with Crippen molar-refractivity contribution in [1.82, 2.24) is 9.96 Å². The first-order valence-electron chi connectivity index (χ1n) is 6.64. The van der Waals surface area contributed by atoms with Crippen molar-refractivity contribution in [2.24, 2.45) is 0 Å². The summed E-state index contributed by atoms with van der Waals surface area (Å²) in [5, 5.41) is -1.57. The van der Waals surface area contributed by atoms with Crippen LogP contribution in [0, 0.1) is 0 Å². The highest BCUT2D eigenvalue weighted by Gasteiger charge is 2.47. The van der Waals surface area contributed by atoms with Crippen LogP contribution in [-0.4, -0.2) is 64.5 Å². The number of carbonyl (C=O) groups excluding carboxylic acids is 4. The van der Waals surface area contributed by atoms with E-state index >= 15 is 0 Å². The fourth-order valence-corrected chi connectivity index (χ4v) is 2.94. The SMILES string of the molecule is CC(CCON1C(=O)CC(S(=O)(=O)O)C1=O)N1C(=O)C=CC1=O. The third-order valence-corrected chi connectivity index (χ3v) is 4.55. The summed E-state index contributed by atoms with van der Waals surface area (Å²) in [5.41, 5.74) is 0. The standard InChI is InChI=1S/C12H14N2O8S/c1-7(13-9(15)2-3-10(13)16)4-5-22-14-11(17)6-8(12(14)18)23(19,20)21/h2-3,7-8H,4-6H2,1H3,(H,19,20,21). The smallest absolute Gasteiger partial charge is 0.277 e. The molecule has 0 aromatic heterocycles. The highest BCUT2D eigenvalue weighted by Crippen LogP contribution is 2.20. The predicted octanol–water partition coefficient (Wildman–Crippen LogP) is -1.36. The summed E-state index contributed by atoms with van der Waals surface area (Å²) in [6.07, 6.45) is 1.70. The van der Waals surface area contributed by atoms with Crippen LogP contribution in [0.1, 0.15) is 19.8 Å². The predicted molar refractivity (Wildman–Crippen MR) is 72.8 cm³/mol. The van der Waals surface area contributed by atoms with Crippen molar-refractivity contribution in [3.05, 3.63) is 12.2 Å². The number of nitrogens with zero attached hydrogens (tertiary/aromatic N) is 2. The largest absolute Gasteiger partial charge is 0.285 e. The van der Waals surface area contributed by atoms with Gasteiger partial charge < -0.3 is 0 Å². The lowest BCUT2D eigenvalue weighted by atomic mass is 10.2. The topological polar surface area (TPSA) is 138 Å². The van der Waals surface area contributed by atoms with Crippen LogP contribution < -0.4 is 0 Å². The van der Waals surface area contributed by atoms with E-state index in [2.05, 4.69) is 0 Å². The Bertz CT molecular complexity index is 680. The normalized spacial score (nSPS) is 23.3. The van der Waals surface area contributed by atoms with E-state index in [0.29, 0.717) is 0 Å². The average Bonchev–Trinajstić information content (AvgIpc) is 2.91. The van der Waals surface area contributed by atoms with Gasteiger partial charge in [0.05, 0.1) is 13.0 Å². The summed E-state index contributed by atoms with van der Waals surface area (Å²) < 4.78 is 30.8. The third kappa shape index (κ3) is 3.46. The molecule has 2 heterocycles. The van der Waals surface area contributed by atoms with Gasteiger partial charge in [-0.2, -0.15) is 13.5 Å². The number of hydrogen-bond donors (Lipinski definition) is 1. The summed E-state index contributed by atoms with van der Waals surface area (Å²) in [6, 6.07) is -0.532. The van der Waals surface area contributed by atoms with E-state index in [9.17, 15) is 27.6 Å². The summed E-state index contributed by atoms with van der Waals surface area (Å²) in [7, 11) is -4.68. The molecule has 10 nitrogen and oxygen atoms in total.